The molecule has 1 N–H and O–H groups in total. The number of aromatic nitrogens is 3. The van der Waals surface area contributed by atoms with E-state index >= 15 is 0 Å². The number of ether oxygens (including phenoxy) is 1. The zero-order valence-electron chi connectivity index (χ0n) is 16.7. The van der Waals surface area contributed by atoms with Crippen LogP contribution in [-0.2, 0) is 10.0 Å². The lowest BCUT2D eigenvalue weighted by Crippen LogP contribution is -2.28. The van der Waals surface area contributed by atoms with Gasteiger partial charge in [0.25, 0.3) is 10.0 Å². The smallest absolute Gasteiger partial charge is 0.299 e. The molecule has 1 aromatic heterocycles. The molecule has 1 aliphatic rings. The van der Waals surface area contributed by atoms with Crippen molar-refractivity contribution in [3.05, 3.63) is 60.0 Å². The van der Waals surface area contributed by atoms with Crippen molar-refractivity contribution in [1.82, 2.24) is 19.3 Å². The third-order valence-electron chi connectivity index (χ3n) is 4.87. The van der Waals surface area contributed by atoms with E-state index in [4.69, 9.17) is 17.0 Å². The Balaban J connectivity index is 1.73. The van der Waals surface area contributed by atoms with Gasteiger partial charge in [-0.2, -0.15) is 8.42 Å². The van der Waals surface area contributed by atoms with Crippen molar-refractivity contribution in [2.75, 3.05) is 25.5 Å². The van der Waals surface area contributed by atoms with E-state index in [2.05, 4.69) is 15.5 Å². The molecule has 3 aromatic rings. The van der Waals surface area contributed by atoms with Gasteiger partial charge in [-0.15, -0.1) is 10.2 Å². The van der Waals surface area contributed by atoms with Gasteiger partial charge in [-0.3, -0.25) is 0 Å². The van der Waals surface area contributed by atoms with Crippen molar-refractivity contribution >= 4 is 38.7 Å². The van der Waals surface area contributed by atoms with Crippen molar-refractivity contribution in [1.29, 1.82) is 0 Å². The number of methoxy groups -OCH3 is 1. The number of anilines is 2. The van der Waals surface area contributed by atoms with E-state index < -0.39 is 15.8 Å². The molecule has 0 amide bonds. The van der Waals surface area contributed by atoms with E-state index in [0.717, 1.165) is 38.1 Å². The number of benzene rings is 2. The van der Waals surface area contributed by atoms with Gasteiger partial charge in [0.2, 0.25) is 0 Å². The molecular formula is C20H20FN5O3S2. The minimum atomic E-state index is -4.13. The molecule has 8 nitrogen and oxygen atoms in total. The van der Waals surface area contributed by atoms with Gasteiger partial charge in [0.1, 0.15) is 16.6 Å². The van der Waals surface area contributed by atoms with Gasteiger partial charge in [-0.25, -0.2) is 4.39 Å². The third kappa shape index (κ3) is 4.37. The summed E-state index contributed by atoms with van der Waals surface area (Å²) in [5.41, 5.74) is 0.927. The van der Waals surface area contributed by atoms with Gasteiger partial charge < -0.3 is 15.0 Å². The monoisotopic (exact) mass is 461 g/mol. The molecule has 11 heteroatoms. The number of hydrogen-bond acceptors (Lipinski definition) is 7. The molecule has 4 rings (SSSR count). The average Bonchev–Trinajstić information content (AvgIpc) is 3.45. The summed E-state index contributed by atoms with van der Waals surface area (Å²) in [6, 6.07) is 11.6. The molecule has 1 aliphatic heterocycles. The fourth-order valence-corrected chi connectivity index (χ4v) is 4.57. The van der Waals surface area contributed by atoms with Crippen molar-refractivity contribution in [3.8, 4) is 5.75 Å². The summed E-state index contributed by atoms with van der Waals surface area (Å²) in [4.78, 5) is 2.28. The highest BCUT2D eigenvalue weighted by Crippen LogP contribution is 2.24. The number of rotatable bonds is 6. The highest BCUT2D eigenvalue weighted by Gasteiger charge is 2.27. The standard InChI is InChI=1S/C20H20FN5O3S2/c1-29-16-8-6-15(7-9-16)22-19-18(20(30)25-12-2-3-13-25)23-26(24-19)31(27,28)17-10-4-14(21)5-11-17/h4-11H,2-3,12-13H2,1H3,(H,22,24). The second-order valence-corrected chi connectivity index (χ2v) is 9.07. The Morgan fingerprint density at radius 3 is 2.32 bits per heavy atom. The van der Waals surface area contributed by atoms with E-state index in [1.807, 2.05) is 4.90 Å². The number of nitrogens with one attached hydrogen (secondary N) is 1. The Bertz CT molecular complexity index is 1190. The van der Waals surface area contributed by atoms with Crippen LogP contribution in [-0.4, -0.2) is 52.9 Å². The zero-order chi connectivity index (χ0) is 22.0. The molecule has 31 heavy (non-hydrogen) atoms. The van der Waals surface area contributed by atoms with E-state index in [1.165, 1.54) is 12.1 Å². The Hall–Kier alpha value is -3.05. The molecule has 0 aliphatic carbocycles. The maximum absolute atomic E-state index is 13.2. The number of likely N-dealkylation sites (tertiary alicyclic amines) is 1. The normalized spacial score (nSPS) is 13.9. The zero-order valence-corrected chi connectivity index (χ0v) is 18.3. The highest BCUT2D eigenvalue weighted by atomic mass is 32.2. The lowest BCUT2D eigenvalue weighted by Gasteiger charge is -2.17. The number of nitrogens with zero attached hydrogens (tertiary/aromatic N) is 4. The predicted molar refractivity (Wildman–Crippen MR) is 118 cm³/mol. The summed E-state index contributed by atoms with van der Waals surface area (Å²) in [5.74, 6) is 0.360. The first-order valence-corrected chi connectivity index (χ1v) is 11.4. The Morgan fingerprint density at radius 2 is 1.71 bits per heavy atom. The molecule has 2 heterocycles. The lowest BCUT2D eigenvalue weighted by molar-refractivity contribution is 0.415. The Labute approximate surface area is 184 Å². The summed E-state index contributed by atoms with van der Waals surface area (Å²) in [7, 11) is -2.56. The first-order chi connectivity index (χ1) is 14.9. The predicted octanol–water partition coefficient (Wildman–Crippen LogP) is 3.18. The van der Waals surface area contributed by atoms with Crippen molar-refractivity contribution in [2.45, 2.75) is 17.7 Å². The third-order valence-corrected chi connectivity index (χ3v) is 6.78. The minimum absolute atomic E-state index is 0.126. The van der Waals surface area contributed by atoms with Crippen LogP contribution in [0, 0.1) is 5.82 Å². The van der Waals surface area contributed by atoms with Crippen molar-refractivity contribution < 1.29 is 17.5 Å². The SMILES string of the molecule is COc1ccc(Nc2nn(S(=O)(=O)c3ccc(F)cc3)nc2C(=S)N2CCCC2)cc1. The van der Waals surface area contributed by atoms with Crippen LogP contribution in [0.3, 0.4) is 0 Å². The molecule has 162 valence electrons. The fourth-order valence-electron chi connectivity index (χ4n) is 3.21. The Kier molecular flexibility index (Phi) is 5.88. The highest BCUT2D eigenvalue weighted by molar-refractivity contribution is 7.89. The molecular weight excluding hydrogens is 441 g/mol. The van der Waals surface area contributed by atoms with Crippen LogP contribution in [0.1, 0.15) is 18.5 Å². The summed E-state index contributed by atoms with van der Waals surface area (Å²) in [6.45, 7) is 1.55. The van der Waals surface area contributed by atoms with Crippen LogP contribution in [0.2, 0.25) is 0 Å². The molecule has 0 radical (unpaired) electrons. The van der Waals surface area contributed by atoms with Gasteiger partial charge in [-0.05, 0) is 61.4 Å². The first kappa shape index (κ1) is 21.2. The fraction of sp³-hybridized carbons (Fsp3) is 0.250. The van der Waals surface area contributed by atoms with Crippen LogP contribution >= 0.6 is 12.2 Å². The summed E-state index contributed by atoms with van der Waals surface area (Å²) >= 11 is 5.60. The van der Waals surface area contributed by atoms with Gasteiger partial charge in [0.15, 0.2) is 11.5 Å². The van der Waals surface area contributed by atoms with Crippen LogP contribution < -0.4 is 10.1 Å². The second-order valence-electron chi connectivity index (χ2n) is 6.93. The summed E-state index contributed by atoms with van der Waals surface area (Å²) in [6.07, 6.45) is 2.01. The van der Waals surface area contributed by atoms with Crippen LogP contribution in [0.4, 0.5) is 15.9 Å². The molecule has 0 unspecified atom stereocenters. The van der Waals surface area contributed by atoms with Gasteiger partial charge in [0, 0.05) is 18.8 Å². The second kappa shape index (κ2) is 8.60. The lowest BCUT2D eigenvalue weighted by atomic mass is 10.3. The van der Waals surface area contributed by atoms with Crippen molar-refractivity contribution in [3.63, 3.8) is 0 Å². The maximum Gasteiger partial charge on any atom is 0.299 e. The number of halogens is 1. The van der Waals surface area contributed by atoms with Crippen molar-refractivity contribution in [2.24, 2.45) is 0 Å². The van der Waals surface area contributed by atoms with E-state index in [9.17, 15) is 12.8 Å². The summed E-state index contributed by atoms with van der Waals surface area (Å²) in [5, 5.41) is 11.5. The molecule has 0 bridgehead atoms. The molecule has 1 saturated heterocycles. The molecule has 2 aromatic carbocycles. The van der Waals surface area contributed by atoms with Gasteiger partial charge >= 0.3 is 0 Å². The van der Waals surface area contributed by atoms with Crippen LogP contribution in [0.25, 0.3) is 0 Å². The van der Waals surface area contributed by atoms with Crippen LogP contribution in [0.5, 0.6) is 5.75 Å². The van der Waals surface area contributed by atoms with E-state index in [0.29, 0.717) is 20.6 Å². The number of hydrogen-bond donors (Lipinski definition) is 1. The van der Waals surface area contributed by atoms with Gasteiger partial charge in [0.05, 0.1) is 12.0 Å². The largest absolute Gasteiger partial charge is 0.497 e. The maximum atomic E-state index is 13.2. The quantitative estimate of drug-likeness (QED) is 0.560. The molecule has 0 spiro atoms. The van der Waals surface area contributed by atoms with E-state index in [1.54, 1.807) is 31.4 Å². The average molecular weight is 462 g/mol. The molecule has 0 saturated carbocycles. The Morgan fingerprint density at radius 1 is 1.06 bits per heavy atom. The molecule has 0 atom stereocenters. The topological polar surface area (TPSA) is 89.3 Å². The summed E-state index contributed by atoms with van der Waals surface area (Å²) < 4.78 is 45.0. The van der Waals surface area contributed by atoms with E-state index in [-0.39, 0.29) is 16.4 Å². The number of thiocarbonyl (C=S) groups is 1. The first-order valence-electron chi connectivity index (χ1n) is 9.57. The van der Waals surface area contributed by atoms with Gasteiger partial charge in [-0.1, -0.05) is 16.4 Å². The van der Waals surface area contributed by atoms with Crippen LogP contribution in [0.15, 0.2) is 53.4 Å². The minimum Gasteiger partial charge on any atom is -0.497 e. The molecule has 1 fully saturated rings.